The normalized spacial score (nSPS) is 14.8. The molecule has 0 atom stereocenters. The topological polar surface area (TPSA) is 52.0 Å². The van der Waals surface area contributed by atoms with E-state index in [0.29, 0.717) is 11.1 Å². The smallest absolute Gasteiger partial charge is 0.197 e. The number of ketones is 2. The minimum absolute atomic E-state index is 0.197. The number of Topliss-reactive ketones (excluding diaryl/α,β-unsaturated/α-hetero) is 2. The van der Waals surface area contributed by atoms with Crippen LogP contribution in [0.4, 0.5) is 0 Å². The van der Waals surface area contributed by atoms with E-state index in [4.69, 9.17) is 0 Å². The molecule has 0 aliphatic heterocycles. The van der Waals surface area contributed by atoms with Crippen LogP contribution in [0.15, 0.2) is 82.9 Å². The number of pyridine rings is 1. The van der Waals surface area contributed by atoms with Gasteiger partial charge in [-0.15, -0.1) is 0 Å². The Hall–Kier alpha value is -3.57. The summed E-state index contributed by atoms with van der Waals surface area (Å²) in [5, 5.41) is 7.06. The first-order valence-corrected chi connectivity index (χ1v) is 10.6. The molecule has 4 nitrogen and oxygen atoms in total. The van der Waals surface area contributed by atoms with Crippen LogP contribution in [0.2, 0.25) is 0 Å². The predicted octanol–water partition coefficient (Wildman–Crippen LogP) is 6.06. The molecular formula is C25H18N2O2S. The minimum atomic E-state index is -0.197. The van der Waals surface area contributed by atoms with Crippen molar-refractivity contribution >= 4 is 50.4 Å². The number of rotatable bonds is 3. The molecule has 0 unspecified atom stereocenters. The molecule has 0 saturated heterocycles. The first-order chi connectivity index (χ1) is 14.5. The molecule has 1 aliphatic carbocycles. The fourth-order valence-corrected chi connectivity index (χ4v) is 4.55. The number of thiophene rings is 1. The summed E-state index contributed by atoms with van der Waals surface area (Å²) in [6, 6.07) is 9.62. The second-order valence-electron chi connectivity index (χ2n) is 7.44. The standard InChI is InChI=1S/C25H18N2O2S/c1-15(5-6-16(2)27-9-7-17-4-3-8-26-25(17)27)10-22-23(28)20-11-18-13-30-14-19(18)12-21(20)24(22)29/h3-14H,1-2H3/b15-5+,16-6+. The maximum atomic E-state index is 12.8. The largest absolute Gasteiger partial charge is 0.305 e. The van der Waals surface area contributed by atoms with Crippen molar-refractivity contribution in [3.63, 3.8) is 0 Å². The Balaban J connectivity index is 1.46. The summed E-state index contributed by atoms with van der Waals surface area (Å²) in [5.74, 6) is -0.394. The van der Waals surface area contributed by atoms with Crippen molar-refractivity contribution in [3.8, 4) is 0 Å². The Bertz CT molecular complexity index is 1390. The van der Waals surface area contributed by atoms with Gasteiger partial charge in [-0.3, -0.25) is 9.59 Å². The molecule has 0 bridgehead atoms. The Morgan fingerprint density at radius 2 is 1.67 bits per heavy atom. The van der Waals surface area contributed by atoms with Crippen LogP contribution in [0, 0.1) is 0 Å². The first-order valence-electron chi connectivity index (χ1n) is 9.61. The summed E-state index contributed by atoms with van der Waals surface area (Å²) < 4.78 is 2.01. The molecule has 1 aromatic carbocycles. The van der Waals surface area contributed by atoms with Gasteiger partial charge >= 0.3 is 0 Å². The highest BCUT2D eigenvalue weighted by Crippen LogP contribution is 2.32. The SMILES string of the molecule is C/C(C=C1C(=O)c2cc3cscc3cc2C1=O)=C\C=C(/C)n1ccc2cccnc21. The Kier molecular flexibility index (Phi) is 4.33. The van der Waals surface area contributed by atoms with Crippen molar-refractivity contribution in [2.24, 2.45) is 0 Å². The lowest BCUT2D eigenvalue weighted by molar-refractivity contribution is 0.0988. The van der Waals surface area contributed by atoms with Gasteiger partial charge in [0.25, 0.3) is 0 Å². The summed E-state index contributed by atoms with van der Waals surface area (Å²) >= 11 is 1.57. The Labute approximate surface area is 177 Å². The Morgan fingerprint density at radius 1 is 0.967 bits per heavy atom. The van der Waals surface area contributed by atoms with Crippen molar-refractivity contribution in [1.29, 1.82) is 0 Å². The number of benzene rings is 1. The summed E-state index contributed by atoms with van der Waals surface area (Å²) in [5.41, 5.74) is 3.96. The molecule has 0 saturated carbocycles. The van der Waals surface area contributed by atoms with Crippen molar-refractivity contribution in [3.05, 3.63) is 94.0 Å². The van der Waals surface area contributed by atoms with Gasteiger partial charge in [0.15, 0.2) is 11.6 Å². The molecule has 3 heterocycles. The number of carbonyl (C=O) groups is 2. The van der Waals surface area contributed by atoms with E-state index < -0.39 is 0 Å². The fraction of sp³-hybridized carbons (Fsp3) is 0.0800. The van der Waals surface area contributed by atoms with Gasteiger partial charge in [0.2, 0.25) is 0 Å². The van der Waals surface area contributed by atoms with E-state index in [9.17, 15) is 9.59 Å². The quantitative estimate of drug-likeness (QED) is 0.234. The van der Waals surface area contributed by atoms with E-state index in [2.05, 4.69) is 4.98 Å². The van der Waals surface area contributed by atoms with Gasteiger partial charge < -0.3 is 4.57 Å². The van der Waals surface area contributed by atoms with Gasteiger partial charge in [0.05, 0.1) is 5.57 Å². The molecule has 4 aromatic rings. The van der Waals surface area contributed by atoms with Crippen LogP contribution in [0.3, 0.4) is 0 Å². The fourth-order valence-electron chi connectivity index (χ4n) is 3.78. The van der Waals surface area contributed by atoms with Gasteiger partial charge in [-0.25, -0.2) is 4.98 Å². The molecule has 3 aromatic heterocycles. The molecule has 0 fully saturated rings. The van der Waals surface area contributed by atoms with Crippen molar-refractivity contribution in [2.75, 3.05) is 0 Å². The predicted molar refractivity (Wildman–Crippen MR) is 122 cm³/mol. The average molecular weight is 410 g/mol. The number of carbonyl (C=O) groups excluding carboxylic acids is 2. The monoisotopic (exact) mass is 410 g/mol. The number of aromatic nitrogens is 2. The molecule has 0 spiro atoms. The van der Waals surface area contributed by atoms with Crippen LogP contribution in [-0.4, -0.2) is 21.1 Å². The molecule has 5 rings (SSSR count). The second kappa shape index (κ2) is 7.04. The lowest BCUT2D eigenvalue weighted by Gasteiger charge is -2.03. The molecule has 5 heteroatoms. The van der Waals surface area contributed by atoms with Crippen LogP contribution in [-0.2, 0) is 0 Å². The summed E-state index contributed by atoms with van der Waals surface area (Å²) in [7, 11) is 0. The molecular weight excluding hydrogens is 392 g/mol. The van der Waals surface area contributed by atoms with Crippen LogP contribution in [0.25, 0.3) is 27.5 Å². The van der Waals surface area contributed by atoms with Gasteiger partial charge in [0.1, 0.15) is 5.65 Å². The molecule has 0 N–H and O–H groups in total. The van der Waals surface area contributed by atoms with Gasteiger partial charge in [-0.2, -0.15) is 11.3 Å². The van der Waals surface area contributed by atoms with E-state index in [1.807, 2.05) is 77.9 Å². The number of nitrogens with zero attached hydrogens (tertiary/aromatic N) is 2. The zero-order valence-corrected chi connectivity index (χ0v) is 17.4. The number of hydrogen-bond donors (Lipinski definition) is 0. The van der Waals surface area contributed by atoms with E-state index in [1.165, 1.54) is 0 Å². The van der Waals surface area contributed by atoms with Crippen molar-refractivity contribution < 1.29 is 9.59 Å². The summed E-state index contributed by atoms with van der Waals surface area (Å²) in [6.45, 7) is 3.89. The van der Waals surface area contributed by atoms with Gasteiger partial charge in [0, 0.05) is 34.6 Å². The number of allylic oxidation sites excluding steroid dienone is 6. The first kappa shape index (κ1) is 18.5. The molecule has 0 amide bonds. The van der Waals surface area contributed by atoms with Gasteiger partial charge in [-0.05, 0) is 77.9 Å². The highest BCUT2D eigenvalue weighted by atomic mass is 32.1. The average Bonchev–Trinajstić information content (AvgIpc) is 3.44. The summed E-state index contributed by atoms with van der Waals surface area (Å²) in [6.07, 6.45) is 9.33. The van der Waals surface area contributed by atoms with E-state index >= 15 is 0 Å². The van der Waals surface area contributed by atoms with Gasteiger partial charge in [-0.1, -0.05) is 11.6 Å². The maximum Gasteiger partial charge on any atom is 0.197 e. The third-order valence-electron chi connectivity index (χ3n) is 5.38. The second-order valence-corrected chi connectivity index (χ2v) is 8.18. The molecule has 146 valence electrons. The third-order valence-corrected chi connectivity index (χ3v) is 6.16. The minimum Gasteiger partial charge on any atom is -0.305 e. The molecule has 1 aliphatic rings. The molecule has 0 radical (unpaired) electrons. The van der Waals surface area contributed by atoms with E-state index in [-0.39, 0.29) is 17.1 Å². The number of fused-ring (bicyclic) bond motifs is 3. The third kappa shape index (κ3) is 2.95. The highest BCUT2D eigenvalue weighted by molar-refractivity contribution is 7.09. The van der Waals surface area contributed by atoms with E-state index in [1.54, 1.807) is 23.6 Å². The van der Waals surface area contributed by atoms with Crippen LogP contribution in [0.5, 0.6) is 0 Å². The number of hydrogen-bond acceptors (Lipinski definition) is 4. The van der Waals surface area contributed by atoms with Crippen LogP contribution < -0.4 is 0 Å². The zero-order chi connectivity index (χ0) is 20.8. The van der Waals surface area contributed by atoms with E-state index in [0.717, 1.165) is 33.1 Å². The maximum absolute atomic E-state index is 12.8. The van der Waals surface area contributed by atoms with Crippen LogP contribution in [0.1, 0.15) is 34.6 Å². The Morgan fingerprint density at radius 3 is 2.37 bits per heavy atom. The summed E-state index contributed by atoms with van der Waals surface area (Å²) in [4.78, 5) is 30.1. The molecule has 30 heavy (non-hydrogen) atoms. The lowest BCUT2D eigenvalue weighted by Crippen LogP contribution is -2.00. The van der Waals surface area contributed by atoms with Crippen molar-refractivity contribution in [1.82, 2.24) is 9.55 Å². The highest BCUT2D eigenvalue weighted by Gasteiger charge is 2.33. The van der Waals surface area contributed by atoms with Crippen molar-refractivity contribution in [2.45, 2.75) is 13.8 Å². The zero-order valence-electron chi connectivity index (χ0n) is 16.5. The lowest BCUT2D eigenvalue weighted by atomic mass is 10.1. The van der Waals surface area contributed by atoms with Crippen LogP contribution >= 0.6 is 11.3 Å².